The molecule has 0 radical (unpaired) electrons. The summed E-state index contributed by atoms with van der Waals surface area (Å²) in [7, 11) is 0. The average molecular weight is 222 g/mol. The van der Waals surface area contributed by atoms with E-state index < -0.39 is 17.9 Å². The Morgan fingerprint density at radius 3 is 2.40 bits per heavy atom. The van der Waals surface area contributed by atoms with Crippen molar-refractivity contribution < 1.29 is 14.3 Å². The second-order valence-electron chi connectivity index (χ2n) is 3.32. The molecule has 0 saturated carbocycles. The number of rotatable bonds is 2. The van der Waals surface area contributed by atoms with Crippen molar-refractivity contribution in [2.24, 2.45) is 0 Å². The van der Waals surface area contributed by atoms with Gasteiger partial charge in [-0.1, -0.05) is 12.1 Å². The largest absolute Gasteiger partial charge is 0.393 e. The Morgan fingerprint density at radius 1 is 1.27 bits per heavy atom. The second-order valence-corrected chi connectivity index (χ2v) is 4.20. The predicted octanol–water partition coefficient (Wildman–Crippen LogP) is 1.97. The summed E-state index contributed by atoms with van der Waals surface area (Å²) in [5, 5.41) is 0. The van der Waals surface area contributed by atoms with Crippen molar-refractivity contribution in [1.29, 1.82) is 0 Å². The first-order valence-electron chi connectivity index (χ1n) is 4.59. The van der Waals surface area contributed by atoms with Crippen LogP contribution in [0.3, 0.4) is 0 Å². The van der Waals surface area contributed by atoms with Gasteiger partial charge in [-0.2, -0.15) is 0 Å². The number of carbonyl (C=O) groups excluding carboxylic acids is 2. The number of benzene rings is 1. The molecule has 4 heteroatoms. The van der Waals surface area contributed by atoms with Gasteiger partial charge in [-0.3, -0.25) is 9.59 Å². The topological polar surface area (TPSA) is 43.4 Å². The highest BCUT2D eigenvalue weighted by Crippen LogP contribution is 2.28. The highest BCUT2D eigenvalue weighted by atomic mass is 32.2. The molecule has 1 atom stereocenters. The summed E-state index contributed by atoms with van der Waals surface area (Å²) in [5.74, 6) is -1.27. The number of thioether (sulfide) groups is 1. The van der Waals surface area contributed by atoms with Crippen LogP contribution in [0.1, 0.15) is 17.9 Å². The quantitative estimate of drug-likeness (QED) is 0.436. The first-order chi connectivity index (χ1) is 7.20. The van der Waals surface area contributed by atoms with Crippen molar-refractivity contribution >= 4 is 23.7 Å². The molecular weight excluding hydrogens is 212 g/mol. The molecule has 1 unspecified atom stereocenters. The van der Waals surface area contributed by atoms with Crippen LogP contribution in [-0.2, 0) is 14.3 Å². The summed E-state index contributed by atoms with van der Waals surface area (Å²) in [4.78, 5) is 23.3. The molecule has 0 N–H and O–H groups in total. The van der Waals surface area contributed by atoms with Gasteiger partial charge in [-0.05, 0) is 24.0 Å². The normalized spacial score (nSPS) is 20.5. The predicted molar refractivity (Wildman–Crippen MR) is 56.7 cm³/mol. The molecule has 1 fully saturated rings. The highest BCUT2D eigenvalue weighted by molar-refractivity contribution is 7.98. The fourth-order valence-corrected chi connectivity index (χ4v) is 1.97. The van der Waals surface area contributed by atoms with E-state index in [1.807, 2.05) is 30.5 Å². The van der Waals surface area contributed by atoms with Crippen LogP contribution in [0.25, 0.3) is 0 Å². The van der Waals surface area contributed by atoms with E-state index >= 15 is 0 Å². The van der Waals surface area contributed by atoms with E-state index in [0.717, 1.165) is 10.5 Å². The van der Waals surface area contributed by atoms with E-state index in [4.69, 9.17) is 0 Å². The van der Waals surface area contributed by atoms with E-state index in [1.54, 1.807) is 11.8 Å². The van der Waals surface area contributed by atoms with Crippen LogP contribution in [0, 0.1) is 0 Å². The van der Waals surface area contributed by atoms with Crippen molar-refractivity contribution in [1.82, 2.24) is 0 Å². The van der Waals surface area contributed by atoms with Gasteiger partial charge in [0, 0.05) is 4.90 Å². The Kier molecular flexibility index (Phi) is 2.77. The van der Waals surface area contributed by atoms with Gasteiger partial charge in [0.25, 0.3) is 0 Å². The molecule has 1 aliphatic rings. The maximum Gasteiger partial charge on any atom is 0.321 e. The minimum atomic E-state index is -0.433. The molecule has 2 rings (SSSR count). The second kappa shape index (κ2) is 4.06. The molecule has 0 spiro atoms. The summed E-state index contributed by atoms with van der Waals surface area (Å²) in [6.45, 7) is 0. The smallest absolute Gasteiger partial charge is 0.321 e. The van der Waals surface area contributed by atoms with Crippen LogP contribution < -0.4 is 0 Å². The van der Waals surface area contributed by atoms with Crippen LogP contribution in [0.2, 0.25) is 0 Å². The van der Waals surface area contributed by atoms with Gasteiger partial charge in [0.15, 0.2) is 0 Å². The number of hydrogen-bond donors (Lipinski definition) is 0. The van der Waals surface area contributed by atoms with Gasteiger partial charge < -0.3 is 4.74 Å². The van der Waals surface area contributed by atoms with Crippen molar-refractivity contribution in [3.8, 4) is 0 Å². The first-order valence-corrected chi connectivity index (χ1v) is 5.81. The van der Waals surface area contributed by atoms with E-state index in [9.17, 15) is 9.59 Å². The Labute approximate surface area is 91.8 Å². The first kappa shape index (κ1) is 10.2. The zero-order valence-electron chi connectivity index (χ0n) is 8.23. The average Bonchev–Trinajstić information content (AvgIpc) is 2.58. The molecule has 0 amide bonds. The fourth-order valence-electron chi connectivity index (χ4n) is 1.57. The van der Waals surface area contributed by atoms with Gasteiger partial charge in [0.05, 0.1) is 12.3 Å². The maximum absolute atomic E-state index is 11.3. The summed E-state index contributed by atoms with van der Waals surface area (Å²) >= 11 is 1.64. The third-order valence-corrected chi connectivity index (χ3v) is 3.13. The number of ether oxygens (including phenoxy) is 1. The summed E-state index contributed by atoms with van der Waals surface area (Å²) < 4.78 is 4.50. The Morgan fingerprint density at radius 2 is 1.93 bits per heavy atom. The number of cyclic esters (lactones) is 2. The van der Waals surface area contributed by atoms with Crippen molar-refractivity contribution in [2.75, 3.05) is 6.26 Å². The lowest BCUT2D eigenvalue weighted by atomic mass is 9.98. The molecule has 1 heterocycles. The van der Waals surface area contributed by atoms with Gasteiger partial charge in [-0.25, -0.2) is 0 Å². The maximum atomic E-state index is 11.3. The fraction of sp³-hybridized carbons (Fsp3) is 0.273. The van der Waals surface area contributed by atoms with Gasteiger partial charge in [0.1, 0.15) is 0 Å². The monoisotopic (exact) mass is 222 g/mol. The highest BCUT2D eigenvalue weighted by Gasteiger charge is 2.34. The number of carbonyl (C=O) groups is 2. The van der Waals surface area contributed by atoms with Crippen molar-refractivity contribution in [3.63, 3.8) is 0 Å². The minimum Gasteiger partial charge on any atom is -0.393 e. The molecule has 3 nitrogen and oxygen atoms in total. The van der Waals surface area contributed by atoms with Gasteiger partial charge in [0.2, 0.25) is 0 Å². The molecule has 1 saturated heterocycles. The Balaban J connectivity index is 2.22. The summed E-state index contributed by atoms with van der Waals surface area (Å²) in [5.41, 5.74) is 0.851. The van der Waals surface area contributed by atoms with Crippen LogP contribution >= 0.6 is 11.8 Å². The van der Waals surface area contributed by atoms with E-state index in [-0.39, 0.29) is 6.42 Å². The van der Waals surface area contributed by atoms with Gasteiger partial charge >= 0.3 is 11.9 Å². The molecule has 1 aromatic rings. The van der Waals surface area contributed by atoms with Crippen LogP contribution in [0.15, 0.2) is 29.2 Å². The zero-order valence-corrected chi connectivity index (χ0v) is 9.04. The molecule has 0 aliphatic carbocycles. The number of esters is 2. The molecular formula is C11H10O3S. The SMILES string of the molecule is CSc1ccc(C2CC(=O)OC2=O)cc1. The lowest BCUT2D eigenvalue weighted by Gasteiger charge is -2.05. The standard InChI is InChI=1S/C11H10O3S/c1-15-8-4-2-7(3-5-8)9-6-10(12)14-11(9)13/h2-5,9H,6H2,1H3. The van der Waals surface area contributed by atoms with E-state index in [1.165, 1.54) is 0 Å². The molecule has 0 bridgehead atoms. The van der Waals surface area contributed by atoms with Crippen molar-refractivity contribution in [2.45, 2.75) is 17.2 Å². The molecule has 78 valence electrons. The summed E-state index contributed by atoms with van der Waals surface area (Å²) in [6.07, 6.45) is 2.15. The number of hydrogen-bond acceptors (Lipinski definition) is 4. The Hall–Kier alpha value is -1.29. The van der Waals surface area contributed by atoms with Gasteiger partial charge in [-0.15, -0.1) is 11.8 Å². The van der Waals surface area contributed by atoms with Crippen LogP contribution in [0.5, 0.6) is 0 Å². The Bertz CT molecular complexity index is 397. The molecule has 0 aromatic heterocycles. The van der Waals surface area contributed by atoms with Crippen molar-refractivity contribution in [3.05, 3.63) is 29.8 Å². The molecule has 1 aliphatic heterocycles. The zero-order chi connectivity index (χ0) is 10.8. The molecule has 1 aromatic carbocycles. The van der Waals surface area contributed by atoms with Crippen LogP contribution in [-0.4, -0.2) is 18.2 Å². The third kappa shape index (κ3) is 2.04. The molecule has 15 heavy (non-hydrogen) atoms. The van der Waals surface area contributed by atoms with E-state index in [2.05, 4.69) is 4.74 Å². The van der Waals surface area contributed by atoms with E-state index in [0.29, 0.717) is 0 Å². The lowest BCUT2D eigenvalue weighted by molar-refractivity contribution is -0.152. The third-order valence-electron chi connectivity index (χ3n) is 2.39. The minimum absolute atomic E-state index is 0.164. The summed E-state index contributed by atoms with van der Waals surface area (Å²) in [6, 6.07) is 7.62. The van der Waals surface area contributed by atoms with Crippen LogP contribution in [0.4, 0.5) is 0 Å². The lowest BCUT2D eigenvalue weighted by Crippen LogP contribution is -2.05.